The molecule has 3 heteroatoms. The van der Waals surface area contributed by atoms with Crippen molar-refractivity contribution in [2.24, 2.45) is 0 Å². The molecule has 20 heavy (non-hydrogen) atoms. The summed E-state index contributed by atoms with van der Waals surface area (Å²) >= 11 is 1.78. The molecule has 0 unspecified atom stereocenters. The third-order valence-corrected chi connectivity index (χ3v) is 4.17. The van der Waals surface area contributed by atoms with Gasteiger partial charge >= 0.3 is 0 Å². The Balaban J connectivity index is 1.77. The van der Waals surface area contributed by atoms with Gasteiger partial charge in [0.15, 0.2) is 0 Å². The van der Waals surface area contributed by atoms with Crippen molar-refractivity contribution in [2.45, 2.75) is 33.2 Å². The lowest BCUT2D eigenvalue weighted by Crippen LogP contribution is -2.20. The van der Waals surface area contributed by atoms with Gasteiger partial charge in [0, 0.05) is 18.0 Å². The van der Waals surface area contributed by atoms with Crippen LogP contribution in [0.25, 0.3) is 0 Å². The molecule has 0 radical (unpaired) electrons. The number of nitrogens with one attached hydrogen (secondary N) is 1. The summed E-state index contributed by atoms with van der Waals surface area (Å²) in [5, 5.41) is 5.51. The zero-order valence-electron chi connectivity index (χ0n) is 12.5. The minimum absolute atomic E-state index is 0.537. The molecule has 1 N–H and O–H groups in total. The molecule has 0 fully saturated rings. The van der Waals surface area contributed by atoms with Crippen LogP contribution in [0.5, 0.6) is 5.75 Å². The lowest BCUT2D eigenvalue weighted by Gasteiger charge is -2.13. The highest BCUT2D eigenvalue weighted by Gasteiger charge is 2.04. The second-order valence-corrected chi connectivity index (χ2v) is 6.32. The molecule has 2 rings (SSSR count). The van der Waals surface area contributed by atoms with Gasteiger partial charge in [-0.3, -0.25) is 0 Å². The predicted octanol–water partition coefficient (Wildman–Crippen LogP) is 4.35. The third-order valence-electron chi connectivity index (χ3n) is 3.29. The van der Waals surface area contributed by atoms with E-state index in [0.717, 1.165) is 18.8 Å². The smallest absolute Gasteiger partial charge is 0.122 e. The summed E-state index contributed by atoms with van der Waals surface area (Å²) in [5.74, 6) is 1.55. The van der Waals surface area contributed by atoms with Crippen molar-refractivity contribution in [3.05, 3.63) is 51.7 Å². The SMILES string of the molecule is Cc1ccc(C(C)C)cc1OCCNCc1cccs1. The van der Waals surface area contributed by atoms with Crippen LogP contribution in [-0.2, 0) is 6.54 Å². The van der Waals surface area contributed by atoms with Crippen molar-refractivity contribution in [1.29, 1.82) is 0 Å². The van der Waals surface area contributed by atoms with Crippen LogP contribution in [0.1, 0.15) is 35.8 Å². The Morgan fingerprint density at radius 3 is 2.80 bits per heavy atom. The summed E-state index contributed by atoms with van der Waals surface area (Å²) in [6.07, 6.45) is 0. The summed E-state index contributed by atoms with van der Waals surface area (Å²) in [7, 11) is 0. The maximum Gasteiger partial charge on any atom is 0.122 e. The Morgan fingerprint density at radius 2 is 2.10 bits per heavy atom. The molecule has 0 saturated heterocycles. The van der Waals surface area contributed by atoms with E-state index in [1.165, 1.54) is 16.0 Å². The molecular formula is C17H23NOS. The van der Waals surface area contributed by atoms with Crippen LogP contribution < -0.4 is 10.1 Å². The Labute approximate surface area is 125 Å². The van der Waals surface area contributed by atoms with Gasteiger partial charge in [0.05, 0.1) is 0 Å². The summed E-state index contributed by atoms with van der Waals surface area (Å²) in [6.45, 7) is 9.00. The van der Waals surface area contributed by atoms with Crippen molar-refractivity contribution < 1.29 is 4.74 Å². The summed E-state index contributed by atoms with van der Waals surface area (Å²) in [4.78, 5) is 1.36. The van der Waals surface area contributed by atoms with Gasteiger partial charge in [-0.2, -0.15) is 0 Å². The Morgan fingerprint density at radius 1 is 1.25 bits per heavy atom. The first-order chi connectivity index (χ1) is 9.66. The highest BCUT2D eigenvalue weighted by Crippen LogP contribution is 2.24. The molecule has 108 valence electrons. The van der Waals surface area contributed by atoms with Gasteiger partial charge < -0.3 is 10.1 Å². The van der Waals surface area contributed by atoms with E-state index >= 15 is 0 Å². The fraction of sp³-hybridized carbons (Fsp3) is 0.412. The first-order valence-electron chi connectivity index (χ1n) is 7.13. The average molecular weight is 289 g/mol. The standard InChI is InChI=1S/C17H23NOS/c1-13(2)15-7-6-14(3)17(11-15)19-9-8-18-12-16-5-4-10-20-16/h4-7,10-11,13,18H,8-9,12H2,1-3H3. The second-order valence-electron chi connectivity index (χ2n) is 5.28. The van der Waals surface area contributed by atoms with Crippen molar-refractivity contribution >= 4 is 11.3 Å². The molecule has 0 aliphatic rings. The fourth-order valence-electron chi connectivity index (χ4n) is 1.99. The fourth-order valence-corrected chi connectivity index (χ4v) is 2.66. The molecule has 1 aromatic heterocycles. The molecule has 1 aromatic carbocycles. The third kappa shape index (κ3) is 4.36. The minimum Gasteiger partial charge on any atom is -0.492 e. The molecule has 0 aliphatic carbocycles. The number of aryl methyl sites for hydroxylation is 1. The van der Waals surface area contributed by atoms with Crippen molar-refractivity contribution in [1.82, 2.24) is 5.32 Å². The van der Waals surface area contributed by atoms with E-state index in [-0.39, 0.29) is 0 Å². The Hall–Kier alpha value is -1.32. The lowest BCUT2D eigenvalue weighted by atomic mass is 10.0. The van der Waals surface area contributed by atoms with Crippen LogP contribution in [0.15, 0.2) is 35.7 Å². The molecule has 0 amide bonds. The van der Waals surface area contributed by atoms with Crippen molar-refractivity contribution in [3.8, 4) is 5.75 Å². The molecule has 2 aromatic rings. The van der Waals surface area contributed by atoms with E-state index in [2.05, 4.69) is 61.8 Å². The maximum absolute atomic E-state index is 5.89. The summed E-state index contributed by atoms with van der Waals surface area (Å²) in [6, 6.07) is 10.7. The summed E-state index contributed by atoms with van der Waals surface area (Å²) in [5.41, 5.74) is 2.53. The van der Waals surface area contributed by atoms with Gasteiger partial charge in [-0.15, -0.1) is 11.3 Å². The molecule has 0 aliphatic heterocycles. The van der Waals surface area contributed by atoms with Crippen LogP contribution in [0, 0.1) is 6.92 Å². The summed E-state index contributed by atoms with van der Waals surface area (Å²) < 4.78 is 5.89. The molecule has 0 bridgehead atoms. The normalized spacial score (nSPS) is 11.0. The maximum atomic E-state index is 5.89. The van der Waals surface area contributed by atoms with Crippen LogP contribution in [0.4, 0.5) is 0 Å². The van der Waals surface area contributed by atoms with E-state index in [1.807, 2.05) is 0 Å². The number of ether oxygens (including phenoxy) is 1. The molecule has 0 saturated carbocycles. The van der Waals surface area contributed by atoms with Crippen molar-refractivity contribution in [3.63, 3.8) is 0 Å². The van der Waals surface area contributed by atoms with Crippen molar-refractivity contribution in [2.75, 3.05) is 13.2 Å². The van der Waals surface area contributed by atoms with Gasteiger partial charge in [-0.05, 0) is 41.5 Å². The monoisotopic (exact) mass is 289 g/mol. The van der Waals surface area contributed by atoms with E-state index in [0.29, 0.717) is 12.5 Å². The van der Waals surface area contributed by atoms with Gasteiger partial charge in [0.2, 0.25) is 0 Å². The van der Waals surface area contributed by atoms with Crippen LogP contribution in [0.2, 0.25) is 0 Å². The van der Waals surface area contributed by atoms with Gasteiger partial charge in [0.1, 0.15) is 12.4 Å². The topological polar surface area (TPSA) is 21.3 Å². The largest absolute Gasteiger partial charge is 0.492 e. The van der Waals surface area contributed by atoms with Gasteiger partial charge in [-0.1, -0.05) is 32.0 Å². The number of hydrogen-bond acceptors (Lipinski definition) is 3. The number of thiophene rings is 1. The second kappa shape index (κ2) is 7.46. The van der Waals surface area contributed by atoms with Crippen LogP contribution in [-0.4, -0.2) is 13.2 Å². The highest BCUT2D eigenvalue weighted by molar-refractivity contribution is 7.09. The number of benzene rings is 1. The highest BCUT2D eigenvalue weighted by atomic mass is 32.1. The van der Waals surface area contributed by atoms with E-state index in [9.17, 15) is 0 Å². The molecular weight excluding hydrogens is 266 g/mol. The van der Waals surface area contributed by atoms with E-state index in [4.69, 9.17) is 4.74 Å². The van der Waals surface area contributed by atoms with Gasteiger partial charge in [0.25, 0.3) is 0 Å². The molecule has 0 spiro atoms. The van der Waals surface area contributed by atoms with E-state index in [1.54, 1.807) is 11.3 Å². The molecule has 2 nitrogen and oxygen atoms in total. The zero-order chi connectivity index (χ0) is 14.4. The number of rotatable bonds is 7. The Kier molecular flexibility index (Phi) is 5.62. The van der Waals surface area contributed by atoms with Crippen LogP contribution in [0.3, 0.4) is 0 Å². The minimum atomic E-state index is 0.537. The van der Waals surface area contributed by atoms with E-state index < -0.39 is 0 Å². The first kappa shape index (κ1) is 15.1. The lowest BCUT2D eigenvalue weighted by molar-refractivity contribution is 0.311. The van der Waals surface area contributed by atoms with Crippen LogP contribution >= 0.6 is 11.3 Å². The number of hydrogen-bond donors (Lipinski definition) is 1. The first-order valence-corrected chi connectivity index (χ1v) is 8.01. The molecule has 0 atom stereocenters. The zero-order valence-corrected chi connectivity index (χ0v) is 13.3. The predicted molar refractivity (Wildman–Crippen MR) is 86.8 cm³/mol. The quantitative estimate of drug-likeness (QED) is 0.765. The Bertz CT molecular complexity index is 520. The average Bonchev–Trinajstić information content (AvgIpc) is 2.93. The molecule has 1 heterocycles. The van der Waals surface area contributed by atoms with Gasteiger partial charge in [-0.25, -0.2) is 0 Å².